The number of nitrogens with two attached hydrogens (primary N) is 1. The summed E-state index contributed by atoms with van der Waals surface area (Å²) in [5, 5.41) is 19.9. The van der Waals surface area contributed by atoms with Crippen LogP contribution in [0.15, 0.2) is 12.1 Å². The largest absolute Gasteiger partial charge is 0.502 e. The Morgan fingerprint density at radius 3 is 2.67 bits per heavy atom. The van der Waals surface area contributed by atoms with E-state index < -0.39 is 28.0 Å². The van der Waals surface area contributed by atoms with Crippen molar-refractivity contribution in [2.75, 3.05) is 11.6 Å². The highest BCUT2D eigenvalue weighted by atomic mass is 35.5. The number of aromatic hydroxyl groups is 1. The van der Waals surface area contributed by atoms with Crippen molar-refractivity contribution in [1.29, 1.82) is 0 Å². The maximum Gasteiger partial charge on any atom is 0.311 e. The highest BCUT2D eigenvalue weighted by molar-refractivity contribution is 6.31. The zero-order chi connectivity index (χ0) is 11.6. The van der Waals surface area contributed by atoms with Gasteiger partial charge >= 0.3 is 5.69 Å². The molecule has 0 heterocycles. The standard InChI is InChI=1S/C8H7ClN2O4/c9-3-6(12)7-4(10)1-2-5(8(7)13)11(14)15/h1-2,13H,3,10H2. The Balaban J connectivity index is 3.43. The van der Waals surface area contributed by atoms with Gasteiger partial charge in [0, 0.05) is 11.8 Å². The minimum atomic E-state index is -0.806. The summed E-state index contributed by atoms with van der Waals surface area (Å²) >= 11 is 5.28. The average Bonchev–Trinajstić information content (AvgIpc) is 2.16. The highest BCUT2D eigenvalue weighted by Gasteiger charge is 2.23. The number of ketones is 1. The maximum absolute atomic E-state index is 11.2. The molecular formula is C8H7ClN2O4. The van der Waals surface area contributed by atoms with Crippen molar-refractivity contribution in [2.24, 2.45) is 0 Å². The molecular weight excluding hydrogens is 224 g/mol. The Kier molecular flexibility index (Phi) is 3.11. The molecule has 1 aromatic carbocycles. The molecule has 0 spiro atoms. The fourth-order valence-electron chi connectivity index (χ4n) is 1.10. The van der Waals surface area contributed by atoms with Crippen LogP contribution in [0.25, 0.3) is 0 Å². The molecule has 0 aromatic heterocycles. The van der Waals surface area contributed by atoms with Crippen molar-refractivity contribution in [3.63, 3.8) is 0 Å². The lowest BCUT2D eigenvalue weighted by molar-refractivity contribution is -0.385. The van der Waals surface area contributed by atoms with Gasteiger partial charge in [0.15, 0.2) is 5.78 Å². The van der Waals surface area contributed by atoms with Crippen LogP contribution in [0.3, 0.4) is 0 Å². The van der Waals surface area contributed by atoms with E-state index in [1.165, 1.54) is 6.07 Å². The van der Waals surface area contributed by atoms with Gasteiger partial charge in [0.2, 0.25) is 5.75 Å². The third kappa shape index (κ3) is 1.99. The molecule has 0 saturated carbocycles. The number of halogens is 1. The van der Waals surface area contributed by atoms with Crippen molar-refractivity contribution in [1.82, 2.24) is 0 Å². The zero-order valence-corrected chi connectivity index (χ0v) is 8.19. The van der Waals surface area contributed by atoms with E-state index in [1.54, 1.807) is 0 Å². The number of hydrogen-bond donors (Lipinski definition) is 2. The molecule has 0 radical (unpaired) electrons. The van der Waals surface area contributed by atoms with Crippen molar-refractivity contribution in [3.8, 4) is 5.75 Å². The number of benzene rings is 1. The molecule has 0 atom stereocenters. The lowest BCUT2D eigenvalue weighted by Gasteiger charge is -2.05. The minimum Gasteiger partial charge on any atom is -0.502 e. The van der Waals surface area contributed by atoms with Crippen LogP contribution in [0.4, 0.5) is 11.4 Å². The van der Waals surface area contributed by atoms with Crippen LogP contribution in [-0.4, -0.2) is 21.7 Å². The second-order valence-corrected chi connectivity index (χ2v) is 2.98. The van der Waals surface area contributed by atoms with Crippen LogP contribution in [0.2, 0.25) is 0 Å². The molecule has 0 amide bonds. The van der Waals surface area contributed by atoms with Crippen LogP contribution in [0.1, 0.15) is 10.4 Å². The summed E-state index contributed by atoms with van der Waals surface area (Å²) in [5.41, 5.74) is 4.49. The molecule has 6 nitrogen and oxygen atoms in total. The minimum absolute atomic E-state index is 0.0382. The third-order valence-corrected chi connectivity index (χ3v) is 2.03. The maximum atomic E-state index is 11.2. The van der Waals surface area contributed by atoms with Gasteiger partial charge in [0.25, 0.3) is 0 Å². The predicted molar refractivity (Wildman–Crippen MR) is 54.2 cm³/mol. The number of rotatable bonds is 3. The normalized spacial score (nSPS) is 9.93. The number of carbonyl (C=O) groups is 1. The molecule has 0 saturated heterocycles. The second kappa shape index (κ2) is 4.14. The van der Waals surface area contributed by atoms with E-state index in [0.29, 0.717) is 0 Å². The number of nitrogen functional groups attached to an aromatic ring is 1. The lowest BCUT2D eigenvalue weighted by atomic mass is 10.1. The monoisotopic (exact) mass is 230 g/mol. The van der Waals surface area contributed by atoms with Gasteiger partial charge in [-0.15, -0.1) is 11.6 Å². The summed E-state index contributed by atoms with van der Waals surface area (Å²) in [7, 11) is 0. The topological polar surface area (TPSA) is 106 Å². The first-order valence-corrected chi connectivity index (χ1v) is 4.37. The summed E-state index contributed by atoms with van der Waals surface area (Å²) in [6, 6.07) is 2.20. The molecule has 0 unspecified atom stereocenters. The summed E-state index contributed by atoms with van der Waals surface area (Å²) in [6.07, 6.45) is 0. The van der Waals surface area contributed by atoms with Crippen molar-refractivity contribution >= 4 is 28.8 Å². The van der Waals surface area contributed by atoms with Crippen LogP contribution in [0.5, 0.6) is 5.75 Å². The molecule has 0 fully saturated rings. The zero-order valence-electron chi connectivity index (χ0n) is 7.44. The number of carbonyl (C=O) groups excluding carboxylic acids is 1. The van der Waals surface area contributed by atoms with E-state index in [2.05, 4.69) is 0 Å². The van der Waals surface area contributed by atoms with Gasteiger partial charge < -0.3 is 10.8 Å². The molecule has 0 aliphatic heterocycles. The summed E-state index contributed by atoms with van der Waals surface area (Å²) < 4.78 is 0. The van der Waals surface area contributed by atoms with Gasteiger partial charge in [-0.1, -0.05) is 0 Å². The Labute approximate surface area is 89.4 Å². The Bertz CT molecular complexity index is 433. The number of anilines is 1. The predicted octanol–water partition coefficient (Wildman–Crippen LogP) is 1.30. The number of alkyl halides is 1. The van der Waals surface area contributed by atoms with E-state index in [1.807, 2.05) is 0 Å². The van der Waals surface area contributed by atoms with Gasteiger partial charge in [0.1, 0.15) is 0 Å². The summed E-state index contributed by atoms with van der Waals surface area (Å²) in [5.74, 6) is -1.81. The quantitative estimate of drug-likeness (QED) is 0.268. The Morgan fingerprint density at radius 1 is 1.60 bits per heavy atom. The summed E-state index contributed by atoms with van der Waals surface area (Å²) in [4.78, 5) is 20.9. The molecule has 80 valence electrons. The van der Waals surface area contributed by atoms with Crippen LogP contribution < -0.4 is 5.73 Å². The number of nitro groups is 1. The van der Waals surface area contributed by atoms with E-state index in [4.69, 9.17) is 17.3 Å². The molecule has 0 bridgehead atoms. The summed E-state index contributed by atoms with van der Waals surface area (Å²) in [6.45, 7) is 0. The first-order chi connectivity index (χ1) is 6.99. The van der Waals surface area contributed by atoms with E-state index in [9.17, 15) is 20.0 Å². The molecule has 3 N–H and O–H groups in total. The van der Waals surface area contributed by atoms with Crippen molar-refractivity contribution in [2.45, 2.75) is 0 Å². The number of nitrogens with zero attached hydrogens (tertiary/aromatic N) is 1. The van der Waals surface area contributed by atoms with E-state index >= 15 is 0 Å². The number of phenolic OH excluding ortho intramolecular Hbond substituents is 1. The number of Topliss-reactive ketones (excluding diaryl/α,β-unsaturated/α-hetero) is 1. The van der Waals surface area contributed by atoms with Gasteiger partial charge in [0.05, 0.1) is 16.4 Å². The smallest absolute Gasteiger partial charge is 0.311 e. The average molecular weight is 231 g/mol. The van der Waals surface area contributed by atoms with Crippen LogP contribution >= 0.6 is 11.6 Å². The molecule has 15 heavy (non-hydrogen) atoms. The molecule has 1 aromatic rings. The number of nitro benzene ring substituents is 1. The molecule has 0 aliphatic rings. The first kappa shape index (κ1) is 11.3. The number of hydrogen-bond acceptors (Lipinski definition) is 5. The fourth-order valence-corrected chi connectivity index (χ4v) is 1.24. The fraction of sp³-hybridized carbons (Fsp3) is 0.125. The molecule has 1 rings (SSSR count). The highest BCUT2D eigenvalue weighted by Crippen LogP contribution is 2.33. The molecule has 0 aliphatic carbocycles. The first-order valence-electron chi connectivity index (χ1n) is 3.84. The molecule has 7 heteroatoms. The van der Waals surface area contributed by atoms with Gasteiger partial charge in [-0.3, -0.25) is 14.9 Å². The van der Waals surface area contributed by atoms with Crippen molar-refractivity contribution in [3.05, 3.63) is 27.8 Å². The van der Waals surface area contributed by atoms with Crippen LogP contribution in [0, 0.1) is 10.1 Å². The van der Waals surface area contributed by atoms with Crippen molar-refractivity contribution < 1.29 is 14.8 Å². The van der Waals surface area contributed by atoms with Gasteiger partial charge in [-0.2, -0.15) is 0 Å². The number of phenols is 1. The van der Waals surface area contributed by atoms with Gasteiger partial charge in [-0.05, 0) is 6.07 Å². The second-order valence-electron chi connectivity index (χ2n) is 2.71. The van der Waals surface area contributed by atoms with Gasteiger partial charge in [-0.25, -0.2) is 0 Å². The third-order valence-electron chi connectivity index (χ3n) is 1.79. The van der Waals surface area contributed by atoms with E-state index in [-0.39, 0.29) is 11.3 Å². The van der Waals surface area contributed by atoms with E-state index in [0.717, 1.165) is 6.07 Å². The Hall–Kier alpha value is -1.82. The SMILES string of the molecule is Nc1ccc([N+](=O)[O-])c(O)c1C(=O)CCl. The Morgan fingerprint density at radius 2 is 2.20 bits per heavy atom. The lowest BCUT2D eigenvalue weighted by Crippen LogP contribution is -2.06. The van der Waals surface area contributed by atoms with Crippen LogP contribution in [-0.2, 0) is 0 Å².